The lowest BCUT2D eigenvalue weighted by molar-refractivity contribution is 0.319. The maximum absolute atomic E-state index is 9.10. The molecule has 0 fully saturated rings. The molecule has 4 heteroatoms. The van der Waals surface area contributed by atoms with Crippen molar-refractivity contribution in [1.82, 2.24) is 4.98 Å². The Hall–Kier alpha value is -2.36. The van der Waals surface area contributed by atoms with Crippen molar-refractivity contribution in [2.45, 2.75) is 0 Å². The van der Waals surface area contributed by atoms with Crippen LogP contribution in [0.5, 0.6) is 5.75 Å². The van der Waals surface area contributed by atoms with Crippen molar-refractivity contribution < 1.29 is 9.94 Å². The molecule has 2 aromatic rings. The highest BCUT2D eigenvalue weighted by Crippen LogP contribution is 2.15. The van der Waals surface area contributed by atoms with Gasteiger partial charge in [0.1, 0.15) is 11.5 Å². The molecule has 1 N–H and O–H groups in total. The number of aromatic nitrogens is 1. The van der Waals surface area contributed by atoms with Gasteiger partial charge in [-0.05, 0) is 36.4 Å². The van der Waals surface area contributed by atoms with Crippen LogP contribution in [0.4, 0.5) is 0 Å². The number of pyridine rings is 1. The minimum Gasteiger partial charge on any atom is -0.497 e. The van der Waals surface area contributed by atoms with Crippen LogP contribution in [0.2, 0.25) is 0 Å². The number of ether oxygens (including phenoxy) is 1. The average molecular weight is 228 g/mol. The number of methoxy groups -OCH3 is 1. The smallest absolute Gasteiger partial charge is 0.118 e. The van der Waals surface area contributed by atoms with Crippen molar-refractivity contribution >= 4 is 5.71 Å². The van der Waals surface area contributed by atoms with Gasteiger partial charge in [0.05, 0.1) is 7.11 Å². The van der Waals surface area contributed by atoms with E-state index in [0.717, 1.165) is 16.9 Å². The number of benzene rings is 1. The minimum atomic E-state index is 0.509. The van der Waals surface area contributed by atoms with Gasteiger partial charge in [-0.1, -0.05) is 5.16 Å². The molecule has 0 aliphatic carbocycles. The normalized spacial score (nSPS) is 11.2. The molecule has 17 heavy (non-hydrogen) atoms. The quantitative estimate of drug-likeness (QED) is 0.498. The predicted octanol–water partition coefficient (Wildman–Crippen LogP) is 2.32. The third-order valence-corrected chi connectivity index (χ3v) is 2.42. The van der Waals surface area contributed by atoms with Crippen molar-refractivity contribution in [2.24, 2.45) is 5.16 Å². The average Bonchev–Trinajstić information content (AvgIpc) is 2.42. The molecule has 0 spiro atoms. The fourth-order valence-electron chi connectivity index (χ4n) is 1.54. The van der Waals surface area contributed by atoms with E-state index in [2.05, 4.69) is 10.1 Å². The number of hydrogen-bond acceptors (Lipinski definition) is 4. The molecule has 0 atom stereocenters. The Morgan fingerprint density at radius 2 is 1.65 bits per heavy atom. The summed E-state index contributed by atoms with van der Waals surface area (Å²) in [7, 11) is 1.61. The highest BCUT2D eigenvalue weighted by atomic mass is 16.5. The lowest BCUT2D eigenvalue weighted by Gasteiger charge is -2.05. The van der Waals surface area contributed by atoms with Crippen LogP contribution in [0.15, 0.2) is 53.9 Å². The minimum absolute atomic E-state index is 0.509. The number of nitrogens with zero attached hydrogens (tertiary/aromatic N) is 2. The van der Waals surface area contributed by atoms with E-state index in [9.17, 15) is 0 Å². The number of rotatable bonds is 3. The summed E-state index contributed by atoms with van der Waals surface area (Å²) in [5.41, 5.74) is 2.14. The fourth-order valence-corrected chi connectivity index (χ4v) is 1.54. The Morgan fingerprint density at radius 1 is 1.06 bits per heavy atom. The van der Waals surface area contributed by atoms with Gasteiger partial charge in [-0.15, -0.1) is 0 Å². The summed E-state index contributed by atoms with van der Waals surface area (Å²) >= 11 is 0. The van der Waals surface area contributed by atoms with Crippen LogP contribution >= 0.6 is 0 Å². The summed E-state index contributed by atoms with van der Waals surface area (Å²) in [6, 6.07) is 10.9. The summed E-state index contributed by atoms with van der Waals surface area (Å²) in [5, 5.41) is 12.4. The van der Waals surface area contributed by atoms with Crippen molar-refractivity contribution in [3.05, 3.63) is 59.9 Å². The van der Waals surface area contributed by atoms with E-state index in [-0.39, 0.29) is 0 Å². The van der Waals surface area contributed by atoms with Crippen LogP contribution in [-0.2, 0) is 0 Å². The van der Waals surface area contributed by atoms with Gasteiger partial charge in [0.25, 0.3) is 0 Å². The first-order valence-electron chi connectivity index (χ1n) is 5.12. The molecule has 0 unspecified atom stereocenters. The number of oxime groups is 1. The third-order valence-electron chi connectivity index (χ3n) is 2.42. The van der Waals surface area contributed by atoms with Crippen LogP contribution in [0.25, 0.3) is 0 Å². The molecule has 86 valence electrons. The standard InChI is InChI=1S/C13H12N2O2/c1-17-12-4-2-10(3-5-12)13(15-16)11-6-8-14-9-7-11/h2-9,16H,1H3/b15-13-. The first-order valence-corrected chi connectivity index (χ1v) is 5.12. The first kappa shape index (κ1) is 11.1. The molecule has 0 aliphatic heterocycles. The summed E-state index contributed by atoms with van der Waals surface area (Å²) in [6.45, 7) is 0. The Bertz CT molecular complexity index is 507. The van der Waals surface area contributed by atoms with Gasteiger partial charge in [0.2, 0.25) is 0 Å². The second-order valence-corrected chi connectivity index (χ2v) is 3.41. The molecule has 0 saturated carbocycles. The Labute approximate surface area is 99.2 Å². The third kappa shape index (κ3) is 2.42. The molecule has 0 saturated heterocycles. The lowest BCUT2D eigenvalue weighted by Crippen LogP contribution is -2.03. The Morgan fingerprint density at radius 3 is 2.18 bits per heavy atom. The molecule has 4 nitrogen and oxygen atoms in total. The molecule has 1 aromatic heterocycles. The zero-order chi connectivity index (χ0) is 12.1. The van der Waals surface area contributed by atoms with Gasteiger partial charge in [0, 0.05) is 23.5 Å². The van der Waals surface area contributed by atoms with Crippen molar-refractivity contribution in [1.29, 1.82) is 0 Å². The molecule has 1 heterocycles. The first-order chi connectivity index (χ1) is 8.35. The molecule has 1 aromatic carbocycles. The van der Waals surface area contributed by atoms with Gasteiger partial charge in [0.15, 0.2) is 0 Å². The maximum Gasteiger partial charge on any atom is 0.118 e. The zero-order valence-electron chi connectivity index (χ0n) is 9.37. The van der Waals surface area contributed by atoms with E-state index >= 15 is 0 Å². The maximum atomic E-state index is 9.10. The highest BCUT2D eigenvalue weighted by molar-refractivity contribution is 6.12. The van der Waals surface area contributed by atoms with Gasteiger partial charge >= 0.3 is 0 Å². The molecule has 2 rings (SSSR count). The van der Waals surface area contributed by atoms with Crippen LogP contribution < -0.4 is 4.74 Å². The fraction of sp³-hybridized carbons (Fsp3) is 0.0769. The van der Waals surface area contributed by atoms with Crippen LogP contribution in [0, 0.1) is 0 Å². The van der Waals surface area contributed by atoms with E-state index in [0.29, 0.717) is 5.71 Å². The zero-order valence-corrected chi connectivity index (χ0v) is 9.37. The molecular weight excluding hydrogens is 216 g/mol. The predicted molar refractivity (Wildman–Crippen MR) is 64.7 cm³/mol. The molecule has 0 aliphatic rings. The largest absolute Gasteiger partial charge is 0.497 e. The molecular formula is C13H12N2O2. The lowest BCUT2D eigenvalue weighted by atomic mass is 10.0. The molecule has 0 radical (unpaired) electrons. The van der Waals surface area contributed by atoms with Gasteiger partial charge in [-0.25, -0.2) is 0 Å². The van der Waals surface area contributed by atoms with E-state index in [1.807, 2.05) is 24.3 Å². The Balaban J connectivity index is 2.37. The van der Waals surface area contributed by atoms with Crippen LogP contribution in [0.3, 0.4) is 0 Å². The van der Waals surface area contributed by atoms with Gasteiger partial charge in [-0.3, -0.25) is 4.98 Å². The van der Waals surface area contributed by atoms with E-state index in [1.54, 1.807) is 31.6 Å². The van der Waals surface area contributed by atoms with Crippen LogP contribution in [0.1, 0.15) is 11.1 Å². The van der Waals surface area contributed by atoms with Crippen molar-refractivity contribution in [3.8, 4) is 5.75 Å². The second-order valence-electron chi connectivity index (χ2n) is 3.41. The molecule has 0 amide bonds. The molecule has 0 bridgehead atoms. The summed E-state index contributed by atoms with van der Waals surface area (Å²) < 4.78 is 5.08. The van der Waals surface area contributed by atoms with Crippen LogP contribution in [-0.4, -0.2) is 23.0 Å². The topological polar surface area (TPSA) is 54.7 Å². The van der Waals surface area contributed by atoms with E-state index < -0.39 is 0 Å². The summed E-state index contributed by atoms with van der Waals surface area (Å²) in [6.07, 6.45) is 3.31. The Kier molecular flexibility index (Phi) is 3.35. The van der Waals surface area contributed by atoms with Gasteiger partial charge < -0.3 is 9.94 Å². The monoisotopic (exact) mass is 228 g/mol. The van der Waals surface area contributed by atoms with E-state index in [1.165, 1.54) is 0 Å². The summed E-state index contributed by atoms with van der Waals surface area (Å²) in [4.78, 5) is 3.93. The number of hydrogen-bond donors (Lipinski definition) is 1. The van der Waals surface area contributed by atoms with Crippen molar-refractivity contribution in [3.63, 3.8) is 0 Å². The van der Waals surface area contributed by atoms with Gasteiger partial charge in [-0.2, -0.15) is 0 Å². The second kappa shape index (κ2) is 5.12. The SMILES string of the molecule is COc1ccc(/C(=N/O)c2ccncc2)cc1. The van der Waals surface area contributed by atoms with E-state index in [4.69, 9.17) is 9.94 Å². The highest BCUT2D eigenvalue weighted by Gasteiger charge is 2.07. The van der Waals surface area contributed by atoms with Crippen molar-refractivity contribution in [2.75, 3.05) is 7.11 Å². The summed E-state index contributed by atoms with van der Waals surface area (Å²) in [5.74, 6) is 0.765.